The quantitative estimate of drug-likeness (QED) is 0.904. The number of rotatable bonds is 2. The van der Waals surface area contributed by atoms with Gasteiger partial charge in [-0.1, -0.05) is 6.07 Å². The van der Waals surface area contributed by atoms with Crippen molar-refractivity contribution in [1.82, 2.24) is 9.55 Å². The summed E-state index contributed by atoms with van der Waals surface area (Å²) in [7, 11) is 1.96. The van der Waals surface area contributed by atoms with Gasteiger partial charge in [0.15, 0.2) is 0 Å². The Balaban J connectivity index is 2.32. The Labute approximate surface area is 97.3 Å². The number of imidazole rings is 1. The summed E-state index contributed by atoms with van der Waals surface area (Å²) < 4.78 is 2.98. The van der Waals surface area contributed by atoms with Crippen molar-refractivity contribution in [3.05, 3.63) is 40.6 Å². The van der Waals surface area contributed by atoms with Gasteiger partial charge in [0.1, 0.15) is 0 Å². The van der Waals surface area contributed by atoms with E-state index in [9.17, 15) is 0 Å². The molecule has 1 aromatic carbocycles. The van der Waals surface area contributed by atoms with Crippen LogP contribution in [0.2, 0.25) is 0 Å². The molecule has 0 saturated carbocycles. The highest BCUT2D eigenvalue weighted by atomic mass is 79.9. The summed E-state index contributed by atoms with van der Waals surface area (Å²) in [5, 5.41) is 3.27. The van der Waals surface area contributed by atoms with Gasteiger partial charge in [-0.2, -0.15) is 0 Å². The highest BCUT2D eigenvalue weighted by molar-refractivity contribution is 9.10. The van der Waals surface area contributed by atoms with E-state index in [4.69, 9.17) is 0 Å². The first-order valence-electron chi connectivity index (χ1n) is 4.67. The lowest BCUT2D eigenvalue weighted by Crippen LogP contribution is -1.99. The van der Waals surface area contributed by atoms with E-state index >= 15 is 0 Å². The minimum atomic E-state index is 0.835. The molecule has 0 aliphatic rings. The van der Waals surface area contributed by atoms with Crippen LogP contribution in [0.3, 0.4) is 0 Å². The molecule has 4 heteroatoms. The number of nitrogens with zero attached hydrogens (tertiary/aromatic N) is 2. The SMILES string of the molecule is Cc1ccc(Br)c(Nc2nccn2C)c1. The van der Waals surface area contributed by atoms with Gasteiger partial charge in [-0.05, 0) is 40.5 Å². The number of aryl methyl sites for hydroxylation is 2. The molecule has 0 aliphatic carbocycles. The largest absolute Gasteiger partial charge is 0.325 e. The van der Waals surface area contributed by atoms with Crippen molar-refractivity contribution in [3.63, 3.8) is 0 Å². The lowest BCUT2D eigenvalue weighted by molar-refractivity contribution is 0.924. The molecule has 78 valence electrons. The second-order valence-electron chi connectivity index (χ2n) is 3.47. The molecule has 3 nitrogen and oxygen atoms in total. The minimum Gasteiger partial charge on any atom is -0.325 e. The first-order chi connectivity index (χ1) is 7.16. The van der Waals surface area contributed by atoms with Crippen LogP contribution in [0.15, 0.2) is 35.1 Å². The molecule has 0 atom stereocenters. The van der Waals surface area contributed by atoms with Crippen molar-refractivity contribution in [3.8, 4) is 0 Å². The van der Waals surface area contributed by atoms with Gasteiger partial charge in [0.2, 0.25) is 5.95 Å². The summed E-state index contributed by atoms with van der Waals surface area (Å²) in [6.07, 6.45) is 3.68. The Morgan fingerprint density at radius 1 is 1.40 bits per heavy atom. The highest BCUT2D eigenvalue weighted by Crippen LogP contribution is 2.25. The van der Waals surface area contributed by atoms with E-state index in [1.165, 1.54) is 5.56 Å². The fourth-order valence-corrected chi connectivity index (χ4v) is 1.69. The van der Waals surface area contributed by atoms with Crippen molar-refractivity contribution in [2.24, 2.45) is 7.05 Å². The van der Waals surface area contributed by atoms with Gasteiger partial charge in [0.05, 0.1) is 5.69 Å². The summed E-state index contributed by atoms with van der Waals surface area (Å²) in [5.41, 5.74) is 2.25. The molecule has 0 saturated heterocycles. The molecule has 1 aromatic heterocycles. The van der Waals surface area contributed by atoms with E-state index in [2.05, 4.69) is 45.3 Å². The number of nitrogens with one attached hydrogen (secondary N) is 1. The maximum atomic E-state index is 4.21. The van der Waals surface area contributed by atoms with Crippen LogP contribution < -0.4 is 5.32 Å². The van der Waals surface area contributed by atoms with Crippen LogP contribution in [-0.2, 0) is 7.05 Å². The van der Waals surface area contributed by atoms with Crippen LogP contribution in [0.1, 0.15) is 5.56 Å². The van der Waals surface area contributed by atoms with Crippen molar-refractivity contribution in [2.45, 2.75) is 6.92 Å². The van der Waals surface area contributed by atoms with Crippen LogP contribution in [0.5, 0.6) is 0 Å². The van der Waals surface area contributed by atoms with Crippen molar-refractivity contribution >= 4 is 27.6 Å². The number of halogens is 1. The number of hydrogen-bond donors (Lipinski definition) is 1. The second-order valence-corrected chi connectivity index (χ2v) is 4.32. The molecule has 1 N–H and O–H groups in total. The molecule has 1 heterocycles. The van der Waals surface area contributed by atoms with Crippen molar-refractivity contribution < 1.29 is 0 Å². The van der Waals surface area contributed by atoms with Crippen LogP contribution >= 0.6 is 15.9 Å². The van der Waals surface area contributed by atoms with Crippen LogP contribution in [0, 0.1) is 6.92 Å². The molecule has 0 bridgehead atoms. The van der Waals surface area contributed by atoms with Gasteiger partial charge in [0.25, 0.3) is 0 Å². The van der Waals surface area contributed by atoms with E-state index in [-0.39, 0.29) is 0 Å². The standard InChI is InChI=1S/C11H12BrN3/c1-8-3-4-9(12)10(7-8)14-11-13-5-6-15(11)2/h3-7H,1-2H3,(H,13,14). The third kappa shape index (κ3) is 2.21. The van der Waals surface area contributed by atoms with Gasteiger partial charge < -0.3 is 9.88 Å². The highest BCUT2D eigenvalue weighted by Gasteiger charge is 2.03. The Morgan fingerprint density at radius 2 is 2.20 bits per heavy atom. The Morgan fingerprint density at radius 3 is 2.87 bits per heavy atom. The molecule has 15 heavy (non-hydrogen) atoms. The average Bonchev–Trinajstić information content (AvgIpc) is 2.58. The summed E-state index contributed by atoms with van der Waals surface area (Å²) in [6, 6.07) is 6.17. The van der Waals surface area contributed by atoms with Gasteiger partial charge in [-0.15, -0.1) is 0 Å². The average molecular weight is 266 g/mol. The Kier molecular flexibility index (Phi) is 2.77. The molecule has 0 spiro atoms. The van der Waals surface area contributed by atoms with Crippen molar-refractivity contribution in [2.75, 3.05) is 5.32 Å². The van der Waals surface area contributed by atoms with Crippen LogP contribution in [0.4, 0.5) is 11.6 Å². The zero-order chi connectivity index (χ0) is 10.8. The number of aromatic nitrogens is 2. The zero-order valence-electron chi connectivity index (χ0n) is 8.66. The molecule has 2 rings (SSSR count). The van der Waals surface area contributed by atoms with E-state index in [0.717, 1.165) is 16.1 Å². The monoisotopic (exact) mass is 265 g/mol. The van der Waals surface area contributed by atoms with Crippen LogP contribution in [-0.4, -0.2) is 9.55 Å². The molecule has 0 amide bonds. The number of anilines is 2. The summed E-state index contributed by atoms with van der Waals surface area (Å²) in [4.78, 5) is 4.21. The molecule has 0 radical (unpaired) electrons. The van der Waals surface area contributed by atoms with Gasteiger partial charge in [-0.3, -0.25) is 0 Å². The fourth-order valence-electron chi connectivity index (χ4n) is 1.34. The van der Waals surface area contributed by atoms with E-state index in [0.29, 0.717) is 0 Å². The topological polar surface area (TPSA) is 29.9 Å². The van der Waals surface area contributed by atoms with E-state index in [1.54, 1.807) is 6.20 Å². The Bertz CT molecular complexity index is 476. The van der Waals surface area contributed by atoms with E-state index < -0.39 is 0 Å². The predicted octanol–water partition coefficient (Wildman–Crippen LogP) is 3.23. The Hall–Kier alpha value is -1.29. The van der Waals surface area contributed by atoms with Gasteiger partial charge in [0, 0.05) is 23.9 Å². The molecule has 2 aromatic rings. The second kappa shape index (κ2) is 4.06. The van der Waals surface area contributed by atoms with Crippen LogP contribution in [0.25, 0.3) is 0 Å². The van der Waals surface area contributed by atoms with Gasteiger partial charge in [-0.25, -0.2) is 4.98 Å². The first kappa shape index (κ1) is 10.2. The third-order valence-electron chi connectivity index (χ3n) is 2.19. The maximum Gasteiger partial charge on any atom is 0.207 e. The molecule has 0 unspecified atom stereocenters. The summed E-state index contributed by atoms with van der Waals surface area (Å²) in [5.74, 6) is 0.835. The number of benzene rings is 1. The summed E-state index contributed by atoms with van der Waals surface area (Å²) >= 11 is 3.50. The van der Waals surface area contributed by atoms with E-state index in [1.807, 2.05) is 23.9 Å². The predicted molar refractivity (Wildman–Crippen MR) is 65.4 cm³/mol. The lowest BCUT2D eigenvalue weighted by Gasteiger charge is -2.08. The van der Waals surface area contributed by atoms with Crippen molar-refractivity contribution in [1.29, 1.82) is 0 Å². The third-order valence-corrected chi connectivity index (χ3v) is 2.88. The molecule has 0 aliphatic heterocycles. The maximum absolute atomic E-state index is 4.21. The molecule has 0 fully saturated rings. The molecular weight excluding hydrogens is 254 g/mol. The number of hydrogen-bond acceptors (Lipinski definition) is 2. The normalized spacial score (nSPS) is 10.3. The lowest BCUT2D eigenvalue weighted by atomic mass is 10.2. The smallest absolute Gasteiger partial charge is 0.207 e. The zero-order valence-corrected chi connectivity index (χ0v) is 10.2. The first-order valence-corrected chi connectivity index (χ1v) is 5.46. The fraction of sp³-hybridized carbons (Fsp3) is 0.182. The van der Waals surface area contributed by atoms with Gasteiger partial charge >= 0.3 is 0 Å². The minimum absolute atomic E-state index is 0.835. The molecular formula is C11H12BrN3. The summed E-state index contributed by atoms with van der Waals surface area (Å²) in [6.45, 7) is 2.07.